The van der Waals surface area contributed by atoms with Crippen LogP contribution in [0.15, 0.2) is 0 Å². The minimum Gasteiger partial charge on any atom is -0.388 e. The highest BCUT2D eigenvalue weighted by molar-refractivity contribution is 4.99. The zero-order valence-corrected chi connectivity index (χ0v) is 8.34. The fourth-order valence-corrected chi connectivity index (χ4v) is 2.34. The van der Waals surface area contributed by atoms with Crippen LogP contribution in [-0.2, 0) is 0 Å². The molecule has 0 aliphatic carbocycles. The molecule has 2 aliphatic heterocycles. The number of hydrogen-bond donors (Lipinski definition) is 3. The highest BCUT2D eigenvalue weighted by Gasteiger charge is 2.42. The zero-order chi connectivity index (χ0) is 9.31. The Morgan fingerprint density at radius 1 is 1.31 bits per heavy atom. The van der Waals surface area contributed by atoms with E-state index in [2.05, 4.69) is 10.6 Å². The van der Waals surface area contributed by atoms with Gasteiger partial charge in [0.1, 0.15) is 0 Å². The Bertz CT molecular complexity index is 172. The van der Waals surface area contributed by atoms with Gasteiger partial charge >= 0.3 is 0 Å². The van der Waals surface area contributed by atoms with Gasteiger partial charge in [0.15, 0.2) is 0 Å². The van der Waals surface area contributed by atoms with E-state index in [1.807, 2.05) is 6.92 Å². The summed E-state index contributed by atoms with van der Waals surface area (Å²) in [6.45, 7) is 5.01. The van der Waals surface area contributed by atoms with Crippen LogP contribution in [0.5, 0.6) is 0 Å². The second-order valence-electron chi connectivity index (χ2n) is 4.58. The maximum absolute atomic E-state index is 10.4. The van der Waals surface area contributed by atoms with Crippen molar-refractivity contribution in [2.24, 2.45) is 5.92 Å². The maximum Gasteiger partial charge on any atom is 0.0824 e. The molecule has 2 heterocycles. The van der Waals surface area contributed by atoms with E-state index >= 15 is 0 Å². The predicted molar refractivity (Wildman–Crippen MR) is 52.6 cm³/mol. The summed E-state index contributed by atoms with van der Waals surface area (Å²) in [6.07, 6.45) is 3.65. The third kappa shape index (κ3) is 1.73. The van der Waals surface area contributed by atoms with Gasteiger partial charge in [0, 0.05) is 25.0 Å². The van der Waals surface area contributed by atoms with Crippen molar-refractivity contribution in [2.75, 3.05) is 19.6 Å². The first kappa shape index (κ1) is 9.44. The number of piperidine rings is 1. The van der Waals surface area contributed by atoms with Crippen LogP contribution >= 0.6 is 0 Å². The van der Waals surface area contributed by atoms with Crippen molar-refractivity contribution in [1.29, 1.82) is 0 Å². The van der Waals surface area contributed by atoms with Crippen LogP contribution in [0.3, 0.4) is 0 Å². The molecular weight excluding hydrogens is 164 g/mol. The lowest BCUT2D eigenvalue weighted by molar-refractivity contribution is -0.0594. The SMILES string of the molecule is CC(O)(C1CNC1)C1CCCCN1. The highest BCUT2D eigenvalue weighted by Crippen LogP contribution is 2.28. The Morgan fingerprint density at radius 3 is 2.54 bits per heavy atom. The molecule has 76 valence electrons. The van der Waals surface area contributed by atoms with Gasteiger partial charge in [-0.3, -0.25) is 0 Å². The number of rotatable bonds is 2. The Labute approximate surface area is 79.9 Å². The lowest BCUT2D eigenvalue weighted by Gasteiger charge is -2.46. The first-order valence-electron chi connectivity index (χ1n) is 5.38. The second-order valence-corrected chi connectivity index (χ2v) is 4.58. The molecule has 2 saturated heterocycles. The minimum atomic E-state index is -0.508. The molecule has 2 unspecified atom stereocenters. The van der Waals surface area contributed by atoms with E-state index in [0.29, 0.717) is 12.0 Å². The molecule has 3 nitrogen and oxygen atoms in total. The first-order valence-corrected chi connectivity index (χ1v) is 5.38. The van der Waals surface area contributed by atoms with Gasteiger partial charge in [-0.2, -0.15) is 0 Å². The Hall–Kier alpha value is -0.120. The lowest BCUT2D eigenvalue weighted by Crippen LogP contribution is -2.63. The van der Waals surface area contributed by atoms with Crippen LogP contribution in [0.4, 0.5) is 0 Å². The summed E-state index contributed by atoms with van der Waals surface area (Å²) in [4.78, 5) is 0. The molecule has 2 aliphatic rings. The molecule has 0 spiro atoms. The zero-order valence-electron chi connectivity index (χ0n) is 8.34. The van der Waals surface area contributed by atoms with Crippen LogP contribution in [0.2, 0.25) is 0 Å². The number of hydrogen-bond acceptors (Lipinski definition) is 3. The molecule has 3 N–H and O–H groups in total. The normalized spacial score (nSPS) is 35.1. The van der Waals surface area contributed by atoms with Crippen molar-refractivity contribution in [2.45, 2.75) is 37.8 Å². The quantitative estimate of drug-likeness (QED) is 0.570. The van der Waals surface area contributed by atoms with Crippen LogP contribution in [0.25, 0.3) is 0 Å². The molecule has 0 aromatic carbocycles. The van der Waals surface area contributed by atoms with E-state index in [4.69, 9.17) is 0 Å². The predicted octanol–water partition coefficient (Wildman–Crippen LogP) is 0.0989. The standard InChI is InChI=1S/C10H20N2O/c1-10(13,8-6-11-7-8)9-4-2-3-5-12-9/h8-9,11-13H,2-7H2,1H3. The average molecular weight is 184 g/mol. The second kappa shape index (κ2) is 3.56. The van der Waals surface area contributed by atoms with Crippen molar-refractivity contribution in [1.82, 2.24) is 10.6 Å². The number of nitrogens with one attached hydrogen (secondary N) is 2. The molecule has 0 bridgehead atoms. The van der Waals surface area contributed by atoms with E-state index in [0.717, 1.165) is 26.1 Å². The van der Waals surface area contributed by atoms with Crippen molar-refractivity contribution >= 4 is 0 Å². The summed E-state index contributed by atoms with van der Waals surface area (Å²) in [5.74, 6) is 0.447. The van der Waals surface area contributed by atoms with Crippen molar-refractivity contribution in [3.8, 4) is 0 Å². The molecular formula is C10H20N2O. The molecule has 0 amide bonds. The molecule has 2 fully saturated rings. The van der Waals surface area contributed by atoms with Crippen molar-refractivity contribution < 1.29 is 5.11 Å². The highest BCUT2D eigenvalue weighted by atomic mass is 16.3. The largest absolute Gasteiger partial charge is 0.388 e. The van der Waals surface area contributed by atoms with Gasteiger partial charge in [0.05, 0.1) is 5.60 Å². The first-order chi connectivity index (χ1) is 6.21. The van der Waals surface area contributed by atoms with Crippen molar-refractivity contribution in [3.63, 3.8) is 0 Å². The third-order valence-electron chi connectivity index (χ3n) is 3.62. The summed E-state index contributed by atoms with van der Waals surface area (Å²) in [5, 5.41) is 17.0. The fourth-order valence-electron chi connectivity index (χ4n) is 2.34. The van der Waals surface area contributed by atoms with Gasteiger partial charge in [0.25, 0.3) is 0 Å². The average Bonchev–Trinajstić information content (AvgIpc) is 2.02. The van der Waals surface area contributed by atoms with Gasteiger partial charge in [0.2, 0.25) is 0 Å². The van der Waals surface area contributed by atoms with E-state index in [-0.39, 0.29) is 0 Å². The van der Waals surface area contributed by atoms with Gasteiger partial charge in [-0.05, 0) is 26.3 Å². The van der Waals surface area contributed by atoms with E-state index in [9.17, 15) is 5.11 Å². The van der Waals surface area contributed by atoms with Crippen LogP contribution in [0.1, 0.15) is 26.2 Å². The molecule has 0 saturated carbocycles. The topological polar surface area (TPSA) is 44.3 Å². The summed E-state index contributed by atoms with van der Waals surface area (Å²) in [5.41, 5.74) is -0.508. The molecule has 2 rings (SSSR count). The Morgan fingerprint density at radius 2 is 2.08 bits per heavy atom. The maximum atomic E-state index is 10.4. The molecule has 3 heteroatoms. The monoisotopic (exact) mass is 184 g/mol. The van der Waals surface area contributed by atoms with Gasteiger partial charge in [-0.1, -0.05) is 6.42 Å². The molecule has 0 aromatic heterocycles. The smallest absolute Gasteiger partial charge is 0.0824 e. The molecule has 13 heavy (non-hydrogen) atoms. The van der Waals surface area contributed by atoms with Crippen molar-refractivity contribution in [3.05, 3.63) is 0 Å². The number of aliphatic hydroxyl groups is 1. The molecule has 2 atom stereocenters. The van der Waals surface area contributed by atoms with E-state index < -0.39 is 5.60 Å². The fraction of sp³-hybridized carbons (Fsp3) is 1.00. The summed E-state index contributed by atoms with van der Waals surface area (Å²) >= 11 is 0. The lowest BCUT2D eigenvalue weighted by atomic mass is 9.76. The Balaban J connectivity index is 1.94. The Kier molecular flexibility index (Phi) is 2.58. The summed E-state index contributed by atoms with van der Waals surface area (Å²) in [6, 6.07) is 0.313. The van der Waals surface area contributed by atoms with Crippen LogP contribution in [-0.4, -0.2) is 36.4 Å². The van der Waals surface area contributed by atoms with Crippen LogP contribution < -0.4 is 10.6 Å². The third-order valence-corrected chi connectivity index (χ3v) is 3.62. The molecule has 0 radical (unpaired) electrons. The summed E-state index contributed by atoms with van der Waals surface area (Å²) in [7, 11) is 0. The van der Waals surface area contributed by atoms with E-state index in [1.165, 1.54) is 12.8 Å². The minimum absolute atomic E-state index is 0.313. The molecule has 0 aromatic rings. The van der Waals surface area contributed by atoms with Crippen LogP contribution in [0, 0.1) is 5.92 Å². The summed E-state index contributed by atoms with van der Waals surface area (Å²) < 4.78 is 0. The van der Waals surface area contributed by atoms with Gasteiger partial charge in [-0.25, -0.2) is 0 Å². The van der Waals surface area contributed by atoms with Gasteiger partial charge < -0.3 is 15.7 Å². The van der Waals surface area contributed by atoms with Gasteiger partial charge in [-0.15, -0.1) is 0 Å². The van der Waals surface area contributed by atoms with E-state index in [1.54, 1.807) is 0 Å².